The molecule has 0 bridgehead atoms. The highest BCUT2D eigenvalue weighted by atomic mass is 16.5. The molecule has 2 aromatic carbocycles. The molecule has 0 atom stereocenters. The number of para-hydroxylation sites is 1. The lowest BCUT2D eigenvalue weighted by Gasteiger charge is -2.08. The van der Waals surface area contributed by atoms with Gasteiger partial charge < -0.3 is 4.74 Å². The van der Waals surface area contributed by atoms with Gasteiger partial charge in [-0.05, 0) is 24.3 Å². The molecule has 0 saturated heterocycles. The van der Waals surface area contributed by atoms with E-state index in [4.69, 9.17) is 4.74 Å². The number of amides is 2. The van der Waals surface area contributed by atoms with Crippen molar-refractivity contribution in [3.63, 3.8) is 0 Å². The number of hydrogen-bond acceptors (Lipinski definition) is 3. The highest BCUT2D eigenvalue weighted by molar-refractivity contribution is 6.11. The number of methoxy groups -OCH3 is 1. The highest BCUT2D eigenvalue weighted by Crippen LogP contribution is 2.16. The van der Waals surface area contributed by atoms with Gasteiger partial charge in [-0.2, -0.15) is 0 Å². The maximum Gasteiger partial charge on any atom is 0.261 e. The fourth-order valence-corrected chi connectivity index (χ4v) is 1.66. The summed E-state index contributed by atoms with van der Waals surface area (Å²) in [6.45, 7) is 0. The van der Waals surface area contributed by atoms with Gasteiger partial charge in [0.25, 0.3) is 11.8 Å². The van der Waals surface area contributed by atoms with Gasteiger partial charge in [0.2, 0.25) is 0 Å². The molecular weight excluding hydrogens is 242 g/mol. The van der Waals surface area contributed by atoms with Crippen LogP contribution in [0.15, 0.2) is 54.6 Å². The molecule has 0 unspecified atom stereocenters. The molecule has 0 aromatic heterocycles. The Balaban J connectivity index is 2.16. The number of carbonyl (C=O) groups is 2. The molecule has 0 fully saturated rings. The number of carbonyl (C=O) groups excluding carboxylic acids is 2. The normalized spacial score (nSPS) is 9.74. The van der Waals surface area contributed by atoms with Crippen LogP contribution < -0.4 is 10.1 Å². The van der Waals surface area contributed by atoms with Crippen molar-refractivity contribution in [1.82, 2.24) is 5.32 Å². The maximum absolute atomic E-state index is 12.0. The summed E-state index contributed by atoms with van der Waals surface area (Å²) in [7, 11) is 1.48. The summed E-state index contributed by atoms with van der Waals surface area (Å²) in [5.74, 6) is -0.483. The van der Waals surface area contributed by atoms with E-state index in [-0.39, 0.29) is 0 Å². The number of rotatable bonds is 3. The molecule has 0 spiro atoms. The van der Waals surface area contributed by atoms with Crippen molar-refractivity contribution in [1.29, 1.82) is 0 Å². The first-order chi connectivity index (χ1) is 9.22. The Morgan fingerprint density at radius 1 is 0.895 bits per heavy atom. The van der Waals surface area contributed by atoms with Gasteiger partial charge in [-0.15, -0.1) is 0 Å². The van der Waals surface area contributed by atoms with Crippen molar-refractivity contribution >= 4 is 11.8 Å². The Morgan fingerprint density at radius 2 is 1.53 bits per heavy atom. The molecule has 2 aromatic rings. The van der Waals surface area contributed by atoms with E-state index in [9.17, 15) is 9.59 Å². The summed E-state index contributed by atoms with van der Waals surface area (Å²) in [5, 5.41) is 2.33. The quantitative estimate of drug-likeness (QED) is 0.856. The molecule has 0 aliphatic carbocycles. The van der Waals surface area contributed by atoms with Crippen molar-refractivity contribution in [2.75, 3.05) is 7.11 Å². The Bertz CT molecular complexity index is 593. The number of benzene rings is 2. The molecule has 19 heavy (non-hydrogen) atoms. The van der Waals surface area contributed by atoms with Crippen LogP contribution in [0.25, 0.3) is 0 Å². The summed E-state index contributed by atoms with van der Waals surface area (Å²) in [5.41, 5.74) is 0.764. The van der Waals surface area contributed by atoms with Gasteiger partial charge in [0, 0.05) is 5.56 Å². The third kappa shape index (κ3) is 2.98. The first-order valence-corrected chi connectivity index (χ1v) is 5.76. The van der Waals surface area contributed by atoms with E-state index in [1.807, 2.05) is 0 Å². The predicted octanol–water partition coefficient (Wildman–Crippen LogP) is 2.27. The topological polar surface area (TPSA) is 55.4 Å². The van der Waals surface area contributed by atoms with E-state index in [1.54, 1.807) is 54.6 Å². The number of imide groups is 1. The lowest BCUT2D eigenvalue weighted by Crippen LogP contribution is -2.30. The van der Waals surface area contributed by atoms with Gasteiger partial charge in [0.1, 0.15) is 5.75 Å². The molecule has 2 amide bonds. The first kappa shape index (κ1) is 12.8. The van der Waals surface area contributed by atoms with Crippen LogP contribution in [-0.2, 0) is 0 Å². The fraction of sp³-hybridized carbons (Fsp3) is 0.0667. The van der Waals surface area contributed by atoms with Gasteiger partial charge in [-0.25, -0.2) is 0 Å². The van der Waals surface area contributed by atoms with E-state index in [1.165, 1.54) is 7.11 Å². The lowest BCUT2D eigenvalue weighted by atomic mass is 10.1. The third-order valence-corrected chi connectivity index (χ3v) is 2.61. The molecule has 4 heteroatoms. The van der Waals surface area contributed by atoms with E-state index in [0.29, 0.717) is 16.9 Å². The monoisotopic (exact) mass is 255 g/mol. The van der Waals surface area contributed by atoms with Gasteiger partial charge in [-0.3, -0.25) is 14.9 Å². The van der Waals surface area contributed by atoms with Crippen LogP contribution in [0.4, 0.5) is 0 Å². The van der Waals surface area contributed by atoms with Gasteiger partial charge >= 0.3 is 0 Å². The van der Waals surface area contributed by atoms with E-state index < -0.39 is 11.8 Å². The van der Waals surface area contributed by atoms with Crippen molar-refractivity contribution in [2.24, 2.45) is 0 Å². The molecule has 1 N–H and O–H groups in total. The molecule has 2 rings (SSSR count). The molecule has 4 nitrogen and oxygen atoms in total. The number of ether oxygens (including phenoxy) is 1. The van der Waals surface area contributed by atoms with Crippen LogP contribution in [0.2, 0.25) is 0 Å². The molecular formula is C15H13NO3. The average Bonchev–Trinajstić information content (AvgIpc) is 2.48. The second-order valence-corrected chi connectivity index (χ2v) is 3.85. The zero-order valence-electron chi connectivity index (χ0n) is 10.4. The van der Waals surface area contributed by atoms with Crippen LogP contribution in [0.3, 0.4) is 0 Å². The lowest BCUT2D eigenvalue weighted by molar-refractivity contribution is 0.0848. The minimum absolute atomic E-state index is 0.328. The van der Waals surface area contributed by atoms with Crippen LogP contribution in [0.5, 0.6) is 5.75 Å². The molecule has 0 heterocycles. The molecule has 0 radical (unpaired) electrons. The SMILES string of the molecule is COc1ccccc1C(=O)NC(=O)c1ccccc1. The Labute approximate surface area is 111 Å². The average molecular weight is 255 g/mol. The third-order valence-electron chi connectivity index (χ3n) is 2.61. The number of hydrogen-bond donors (Lipinski definition) is 1. The van der Waals surface area contributed by atoms with Crippen molar-refractivity contribution in [3.8, 4) is 5.75 Å². The zero-order valence-corrected chi connectivity index (χ0v) is 10.4. The van der Waals surface area contributed by atoms with Gasteiger partial charge in [0.05, 0.1) is 12.7 Å². The molecule has 0 saturated carbocycles. The molecule has 96 valence electrons. The standard InChI is InChI=1S/C15H13NO3/c1-19-13-10-6-5-9-12(13)15(18)16-14(17)11-7-3-2-4-8-11/h2-10H,1H3,(H,16,17,18). The van der Waals surface area contributed by atoms with E-state index in [2.05, 4.69) is 5.32 Å². The smallest absolute Gasteiger partial charge is 0.261 e. The molecule has 0 aliphatic rings. The van der Waals surface area contributed by atoms with E-state index in [0.717, 1.165) is 0 Å². The summed E-state index contributed by atoms with van der Waals surface area (Å²) >= 11 is 0. The van der Waals surface area contributed by atoms with Crippen LogP contribution >= 0.6 is 0 Å². The highest BCUT2D eigenvalue weighted by Gasteiger charge is 2.15. The fourth-order valence-electron chi connectivity index (χ4n) is 1.66. The zero-order chi connectivity index (χ0) is 13.7. The largest absolute Gasteiger partial charge is 0.496 e. The van der Waals surface area contributed by atoms with Gasteiger partial charge in [0.15, 0.2) is 0 Å². The second kappa shape index (κ2) is 5.82. The minimum atomic E-state index is -0.480. The second-order valence-electron chi connectivity index (χ2n) is 3.85. The Morgan fingerprint density at radius 3 is 2.21 bits per heavy atom. The Hall–Kier alpha value is -2.62. The van der Waals surface area contributed by atoms with Crippen molar-refractivity contribution < 1.29 is 14.3 Å². The van der Waals surface area contributed by atoms with Crippen molar-refractivity contribution in [3.05, 3.63) is 65.7 Å². The predicted molar refractivity (Wildman–Crippen MR) is 71.2 cm³/mol. The maximum atomic E-state index is 12.0. The van der Waals surface area contributed by atoms with E-state index >= 15 is 0 Å². The van der Waals surface area contributed by atoms with Crippen LogP contribution in [-0.4, -0.2) is 18.9 Å². The Kier molecular flexibility index (Phi) is 3.93. The minimum Gasteiger partial charge on any atom is -0.496 e. The van der Waals surface area contributed by atoms with Crippen LogP contribution in [0.1, 0.15) is 20.7 Å². The van der Waals surface area contributed by atoms with Gasteiger partial charge in [-0.1, -0.05) is 30.3 Å². The van der Waals surface area contributed by atoms with Crippen molar-refractivity contribution in [2.45, 2.75) is 0 Å². The molecule has 0 aliphatic heterocycles. The summed E-state index contributed by atoms with van der Waals surface area (Å²) in [6.07, 6.45) is 0. The summed E-state index contributed by atoms with van der Waals surface area (Å²) in [4.78, 5) is 23.9. The summed E-state index contributed by atoms with van der Waals surface area (Å²) in [6, 6.07) is 15.3. The van der Waals surface area contributed by atoms with Crippen LogP contribution in [0, 0.1) is 0 Å². The first-order valence-electron chi connectivity index (χ1n) is 5.76. The summed E-state index contributed by atoms with van der Waals surface area (Å²) < 4.78 is 5.08. The number of nitrogens with one attached hydrogen (secondary N) is 1.